The van der Waals surface area contributed by atoms with Crippen LogP contribution in [0, 0.1) is 17.7 Å². The second kappa shape index (κ2) is 15.0. The van der Waals surface area contributed by atoms with Crippen LogP contribution in [0.15, 0.2) is 29.4 Å². The number of amides is 2. The third-order valence-corrected chi connectivity index (χ3v) is 9.38. The van der Waals surface area contributed by atoms with Crippen molar-refractivity contribution in [1.29, 1.82) is 0 Å². The smallest absolute Gasteiger partial charge is 0.227 e. The van der Waals surface area contributed by atoms with Gasteiger partial charge in [0.25, 0.3) is 0 Å². The molecule has 0 saturated carbocycles. The quantitative estimate of drug-likeness (QED) is 0.199. The molecular weight excluding hydrogens is 579 g/mol. The minimum Gasteiger partial charge on any atom is -0.493 e. The number of nitrogens with zero attached hydrogens (tertiary/aromatic N) is 2. The number of nitrogens with one attached hydrogen (secondary N) is 2. The molecule has 1 aromatic rings. The summed E-state index contributed by atoms with van der Waals surface area (Å²) in [4.78, 5) is 28.8. The fourth-order valence-electron chi connectivity index (χ4n) is 5.97. The molecule has 10 nitrogen and oxygen atoms in total. The van der Waals surface area contributed by atoms with Crippen LogP contribution in [0.2, 0.25) is 0 Å². The van der Waals surface area contributed by atoms with Crippen molar-refractivity contribution in [2.75, 3.05) is 52.5 Å². The lowest BCUT2D eigenvalue weighted by atomic mass is 9.89. The van der Waals surface area contributed by atoms with Crippen molar-refractivity contribution in [3.8, 4) is 5.75 Å². The van der Waals surface area contributed by atoms with Crippen molar-refractivity contribution in [1.82, 2.24) is 20.4 Å². The molecule has 3 aliphatic rings. The maximum absolute atomic E-state index is 14.7. The Hall–Kier alpha value is -2.44. The first kappa shape index (κ1) is 33.5. The van der Waals surface area contributed by atoms with Gasteiger partial charge in [-0.2, -0.15) is 0 Å². The fourth-order valence-corrected chi connectivity index (χ4v) is 6.11. The highest BCUT2D eigenvalue weighted by Crippen LogP contribution is 2.32. The number of piperidine rings is 1. The summed E-state index contributed by atoms with van der Waals surface area (Å²) in [5, 5.41) is 34.8. The molecule has 240 valence electrons. The monoisotopic (exact) mass is 624 g/mol. The van der Waals surface area contributed by atoms with Gasteiger partial charge in [0, 0.05) is 55.8 Å². The SMILES string of the molecule is CC1(N2CCC(CCCOc3ccc(CC(=O)N4CC(CC(=O)NCC(O)(CO)CO)C4)c(F)c3)CC2)CCC(Cl)=CN1. The molecule has 5 N–H and O–H groups in total. The van der Waals surface area contributed by atoms with Gasteiger partial charge in [-0.1, -0.05) is 17.7 Å². The Bertz CT molecular complexity index is 1140. The lowest BCUT2D eigenvalue weighted by Crippen LogP contribution is -2.58. The van der Waals surface area contributed by atoms with Crippen LogP contribution in [0.3, 0.4) is 0 Å². The number of rotatable bonds is 14. The summed E-state index contributed by atoms with van der Waals surface area (Å²) in [5.41, 5.74) is -1.49. The van der Waals surface area contributed by atoms with Crippen LogP contribution in [-0.2, 0) is 16.0 Å². The highest BCUT2D eigenvalue weighted by atomic mass is 35.5. The minimum atomic E-state index is -1.76. The standard InChI is InChI=1S/C31H46ClFN4O6/c1-30(9-6-25(32)16-35-30)37-10-7-22(8-11-37)3-2-12-43-26-5-4-24(27(33)15-26)14-29(41)36-17-23(18-36)13-28(40)34-19-31(42,20-38)21-39/h4-5,15-16,22-23,35,38-39,42H,2-3,6-14,17-21H2,1H3,(H,34,40). The molecular formula is C31H46ClFN4O6. The molecule has 12 heteroatoms. The van der Waals surface area contributed by atoms with Crippen molar-refractivity contribution in [2.45, 2.75) is 69.6 Å². The summed E-state index contributed by atoms with van der Waals surface area (Å²) < 4.78 is 20.6. The molecule has 2 amide bonds. The van der Waals surface area contributed by atoms with Crippen LogP contribution in [0.1, 0.15) is 57.4 Å². The van der Waals surface area contributed by atoms with Crippen LogP contribution in [0.5, 0.6) is 5.75 Å². The molecule has 0 aromatic heterocycles. The van der Waals surface area contributed by atoms with Crippen LogP contribution in [0.25, 0.3) is 0 Å². The number of carbonyl (C=O) groups is 2. The molecule has 4 rings (SSSR count). The minimum absolute atomic E-state index is 0.0255. The van der Waals surface area contributed by atoms with Crippen molar-refractivity contribution in [3.05, 3.63) is 40.8 Å². The molecule has 2 saturated heterocycles. The highest BCUT2D eigenvalue weighted by Gasteiger charge is 2.36. The summed E-state index contributed by atoms with van der Waals surface area (Å²) in [6, 6.07) is 4.63. The number of aliphatic hydroxyl groups excluding tert-OH is 2. The normalized spacial score (nSPS) is 22.0. The predicted molar refractivity (Wildman–Crippen MR) is 161 cm³/mol. The average Bonchev–Trinajstić information content (AvgIpc) is 2.98. The van der Waals surface area contributed by atoms with E-state index < -0.39 is 24.6 Å². The second-order valence-corrected chi connectivity index (χ2v) is 13.0. The molecule has 0 radical (unpaired) electrons. The van der Waals surface area contributed by atoms with Crippen LogP contribution < -0.4 is 15.4 Å². The second-order valence-electron chi connectivity index (χ2n) is 12.5. The first-order chi connectivity index (χ1) is 20.5. The number of hydrogen-bond donors (Lipinski definition) is 5. The zero-order valence-corrected chi connectivity index (χ0v) is 25.8. The van der Waals surface area contributed by atoms with Gasteiger partial charge in [-0.15, -0.1) is 0 Å². The first-order valence-corrected chi connectivity index (χ1v) is 15.7. The molecule has 1 aromatic carbocycles. The van der Waals surface area contributed by atoms with Crippen LogP contribution in [-0.4, -0.2) is 101 Å². The van der Waals surface area contributed by atoms with Gasteiger partial charge >= 0.3 is 0 Å². The first-order valence-electron chi connectivity index (χ1n) is 15.3. The van der Waals surface area contributed by atoms with E-state index in [2.05, 4.69) is 22.5 Å². The maximum atomic E-state index is 14.7. The molecule has 0 aliphatic carbocycles. The molecule has 3 aliphatic heterocycles. The number of aliphatic hydroxyl groups is 3. The Balaban J connectivity index is 1.10. The van der Waals surface area contributed by atoms with E-state index in [9.17, 15) is 19.1 Å². The van der Waals surface area contributed by atoms with Crippen molar-refractivity contribution < 1.29 is 34.0 Å². The number of allylic oxidation sites excluding steroid dienone is 1. The van der Waals surface area contributed by atoms with Gasteiger partial charge < -0.3 is 35.6 Å². The predicted octanol–water partition coefficient (Wildman–Crippen LogP) is 2.10. The van der Waals surface area contributed by atoms with Crippen LogP contribution >= 0.6 is 11.6 Å². The average molecular weight is 625 g/mol. The number of carbonyl (C=O) groups excluding carboxylic acids is 2. The van der Waals surface area contributed by atoms with E-state index >= 15 is 0 Å². The van der Waals surface area contributed by atoms with Crippen LogP contribution in [0.4, 0.5) is 4.39 Å². The van der Waals surface area contributed by atoms with Crippen molar-refractivity contribution in [3.63, 3.8) is 0 Å². The van der Waals surface area contributed by atoms with Gasteiger partial charge in [0.2, 0.25) is 11.8 Å². The Morgan fingerprint density at radius 3 is 2.56 bits per heavy atom. The van der Waals surface area contributed by atoms with E-state index in [0.29, 0.717) is 36.9 Å². The molecule has 0 bridgehead atoms. The van der Waals surface area contributed by atoms with Gasteiger partial charge in [-0.25, -0.2) is 4.39 Å². The Kier molecular flexibility index (Phi) is 11.7. The van der Waals surface area contributed by atoms with E-state index in [1.54, 1.807) is 17.0 Å². The number of benzene rings is 1. The fraction of sp³-hybridized carbons (Fsp3) is 0.677. The van der Waals surface area contributed by atoms with Crippen molar-refractivity contribution >= 4 is 23.4 Å². The van der Waals surface area contributed by atoms with E-state index in [-0.39, 0.29) is 42.8 Å². The lowest BCUT2D eigenvalue weighted by Gasteiger charge is -2.47. The summed E-state index contributed by atoms with van der Waals surface area (Å²) >= 11 is 6.12. The zero-order chi connectivity index (χ0) is 31.0. The van der Waals surface area contributed by atoms with Gasteiger partial charge in [-0.3, -0.25) is 14.5 Å². The largest absolute Gasteiger partial charge is 0.493 e. The van der Waals surface area contributed by atoms with Gasteiger partial charge in [0.05, 0.1) is 38.4 Å². The molecule has 3 heterocycles. The van der Waals surface area contributed by atoms with E-state index in [1.807, 2.05) is 6.20 Å². The summed E-state index contributed by atoms with van der Waals surface area (Å²) in [6.07, 6.45) is 8.21. The lowest BCUT2D eigenvalue weighted by molar-refractivity contribution is -0.139. The number of ether oxygens (including phenoxy) is 1. The van der Waals surface area contributed by atoms with Gasteiger partial charge in [-0.05, 0) is 63.0 Å². The Labute approximate surface area is 258 Å². The molecule has 43 heavy (non-hydrogen) atoms. The molecule has 0 spiro atoms. The Morgan fingerprint density at radius 2 is 1.93 bits per heavy atom. The maximum Gasteiger partial charge on any atom is 0.227 e. The van der Waals surface area contributed by atoms with E-state index in [4.69, 9.17) is 26.6 Å². The summed E-state index contributed by atoms with van der Waals surface area (Å²) in [7, 11) is 0. The third-order valence-electron chi connectivity index (χ3n) is 9.08. The third kappa shape index (κ3) is 9.28. The van der Waals surface area contributed by atoms with E-state index in [0.717, 1.165) is 56.6 Å². The molecule has 1 atom stereocenters. The summed E-state index contributed by atoms with van der Waals surface area (Å²) in [5.74, 6) is 0.0486. The van der Waals surface area contributed by atoms with Gasteiger partial charge in [0.1, 0.15) is 17.2 Å². The number of likely N-dealkylation sites (tertiary alicyclic amines) is 2. The highest BCUT2D eigenvalue weighted by molar-refractivity contribution is 6.29. The van der Waals surface area contributed by atoms with E-state index in [1.165, 1.54) is 6.07 Å². The molecule has 1 unspecified atom stereocenters. The topological polar surface area (TPSA) is 135 Å². The number of hydrogen-bond acceptors (Lipinski definition) is 8. The Morgan fingerprint density at radius 1 is 1.21 bits per heavy atom. The zero-order valence-electron chi connectivity index (χ0n) is 25.0. The summed E-state index contributed by atoms with van der Waals surface area (Å²) in [6.45, 7) is 4.04. The molecule has 2 fully saturated rings. The number of halogens is 2. The van der Waals surface area contributed by atoms with Crippen molar-refractivity contribution in [2.24, 2.45) is 11.8 Å². The van der Waals surface area contributed by atoms with Gasteiger partial charge in [0.15, 0.2) is 0 Å².